The van der Waals surface area contributed by atoms with Crippen LogP contribution in [-0.4, -0.2) is 29.3 Å². The maximum absolute atomic E-state index is 13.3. The molecule has 1 heterocycles. The molecule has 3 amide bonds. The molecule has 1 aliphatic rings. The first-order chi connectivity index (χ1) is 14.0. The summed E-state index contributed by atoms with van der Waals surface area (Å²) in [5.74, 6) is -1.15. The van der Waals surface area contributed by atoms with Gasteiger partial charge in [-0.1, -0.05) is 41.4 Å². The quantitative estimate of drug-likeness (QED) is 0.599. The van der Waals surface area contributed by atoms with E-state index >= 15 is 0 Å². The third-order valence-corrected chi connectivity index (χ3v) is 5.09. The van der Waals surface area contributed by atoms with Gasteiger partial charge in [0.25, 0.3) is 17.7 Å². The van der Waals surface area contributed by atoms with Crippen molar-refractivity contribution in [2.75, 3.05) is 11.6 Å². The summed E-state index contributed by atoms with van der Waals surface area (Å²) < 4.78 is 0. The molecule has 0 N–H and O–H groups in total. The predicted molar refractivity (Wildman–Crippen MR) is 111 cm³/mol. The van der Waals surface area contributed by atoms with E-state index in [1.165, 1.54) is 4.90 Å². The first-order valence-corrected chi connectivity index (χ1v) is 9.43. The van der Waals surface area contributed by atoms with Gasteiger partial charge in [-0.2, -0.15) is 0 Å². The fourth-order valence-electron chi connectivity index (χ4n) is 3.25. The average molecular weight is 405 g/mol. The summed E-state index contributed by atoms with van der Waals surface area (Å²) in [5.41, 5.74) is 2.71. The largest absolute Gasteiger partial charge is 0.290 e. The fourth-order valence-corrected chi connectivity index (χ4v) is 3.37. The second-order valence-electron chi connectivity index (χ2n) is 6.80. The lowest BCUT2D eigenvalue weighted by Gasteiger charge is -2.27. The highest BCUT2D eigenvalue weighted by molar-refractivity contribution is 6.30. The molecule has 144 valence electrons. The lowest BCUT2D eigenvalue weighted by molar-refractivity contribution is 0.0650. The molecular formula is C23H17ClN2O3. The zero-order valence-electron chi connectivity index (χ0n) is 15.6. The summed E-state index contributed by atoms with van der Waals surface area (Å²) in [6.07, 6.45) is 0. The smallest absolute Gasteiger partial charge is 0.263 e. The van der Waals surface area contributed by atoms with E-state index in [1.54, 1.807) is 60.7 Å². The number of imide groups is 1. The van der Waals surface area contributed by atoms with Crippen LogP contribution in [0.15, 0.2) is 72.8 Å². The van der Waals surface area contributed by atoms with E-state index in [4.69, 9.17) is 11.6 Å². The van der Waals surface area contributed by atoms with Gasteiger partial charge in [0.1, 0.15) is 6.67 Å². The van der Waals surface area contributed by atoms with Crippen molar-refractivity contribution in [3.05, 3.63) is 100 Å². The molecule has 4 rings (SSSR count). The molecular weight excluding hydrogens is 388 g/mol. The van der Waals surface area contributed by atoms with Gasteiger partial charge in [0.05, 0.1) is 11.1 Å². The molecule has 29 heavy (non-hydrogen) atoms. The van der Waals surface area contributed by atoms with Crippen LogP contribution < -0.4 is 4.90 Å². The highest BCUT2D eigenvalue weighted by Gasteiger charge is 2.37. The van der Waals surface area contributed by atoms with Crippen molar-refractivity contribution in [1.82, 2.24) is 4.90 Å². The monoisotopic (exact) mass is 404 g/mol. The van der Waals surface area contributed by atoms with Gasteiger partial charge in [-0.05, 0) is 55.5 Å². The Morgan fingerprint density at radius 1 is 0.862 bits per heavy atom. The third-order valence-electron chi connectivity index (χ3n) is 4.84. The molecule has 0 fully saturated rings. The number of fused-ring (bicyclic) bond motifs is 1. The molecule has 0 saturated heterocycles. The Bertz CT molecular complexity index is 1070. The Hall–Kier alpha value is -3.44. The molecule has 0 bridgehead atoms. The highest BCUT2D eigenvalue weighted by Crippen LogP contribution is 2.26. The lowest BCUT2D eigenvalue weighted by Crippen LogP contribution is -2.44. The van der Waals surface area contributed by atoms with Crippen LogP contribution in [-0.2, 0) is 0 Å². The number of benzene rings is 3. The van der Waals surface area contributed by atoms with Crippen molar-refractivity contribution < 1.29 is 14.4 Å². The number of nitrogens with zero attached hydrogens (tertiary/aromatic N) is 2. The van der Waals surface area contributed by atoms with E-state index < -0.39 is 11.8 Å². The molecule has 3 aromatic rings. The zero-order valence-corrected chi connectivity index (χ0v) is 16.4. The van der Waals surface area contributed by atoms with Crippen LogP contribution in [0.5, 0.6) is 0 Å². The number of carbonyl (C=O) groups is 3. The summed E-state index contributed by atoms with van der Waals surface area (Å²) in [7, 11) is 0. The summed E-state index contributed by atoms with van der Waals surface area (Å²) >= 11 is 5.99. The molecule has 0 saturated carbocycles. The van der Waals surface area contributed by atoms with E-state index in [9.17, 15) is 14.4 Å². The molecule has 5 nitrogen and oxygen atoms in total. The van der Waals surface area contributed by atoms with Crippen molar-refractivity contribution in [3.8, 4) is 0 Å². The number of amides is 3. The predicted octanol–water partition coefficient (Wildman–Crippen LogP) is 4.55. The van der Waals surface area contributed by atoms with Crippen molar-refractivity contribution >= 4 is 35.0 Å². The van der Waals surface area contributed by atoms with Crippen LogP contribution in [0.4, 0.5) is 5.69 Å². The van der Waals surface area contributed by atoms with Crippen molar-refractivity contribution in [2.24, 2.45) is 0 Å². The summed E-state index contributed by atoms with van der Waals surface area (Å²) in [6.45, 7) is 1.74. The number of hydrogen-bond acceptors (Lipinski definition) is 3. The van der Waals surface area contributed by atoms with Crippen molar-refractivity contribution in [1.29, 1.82) is 0 Å². The van der Waals surface area contributed by atoms with Crippen LogP contribution in [0, 0.1) is 6.92 Å². The van der Waals surface area contributed by atoms with Crippen LogP contribution in [0.2, 0.25) is 5.02 Å². The maximum atomic E-state index is 13.3. The second kappa shape index (κ2) is 7.53. The van der Waals surface area contributed by atoms with E-state index in [0.29, 0.717) is 27.4 Å². The topological polar surface area (TPSA) is 57.7 Å². The van der Waals surface area contributed by atoms with Crippen LogP contribution >= 0.6 is 11.6 Å². The lowest BCUT2D eigenvalue weighted by atomic mass is 10.1. The zero-order chi connectivity index (χ0) is 20.5. The molecule has 0 unspecified atom stereocenters. The number of hydrogen-bond donors (Lipinski definition) is 0. The van der Waals surface area contributed by atoms with E-state index in [-0.39, 0.29) is 12.6 Å². The average Bonchev–Trinajstić information content (AvgIpc) is 2.98. The molecule has 3 aromatic carbocycles. The van der Waals surface area contributed by atoms with Gasteiger partial charge in [-0.15, -0.1) is 0 Å². The molecule has 0 atom stereocenters. The SMILES string of the molecule is Cc1ccc(C(=O)N(CN2C(=O)c3ccccc3C2=O)c2ccc(Cl)cc2)cc1. The van der Waals surface area contributed by atoms with Gasteiger partial charge < -0.3 is 0 Å². The Balaban J connectivity index is 1.70. The minimum atomic E-state index is -0.415. The van der Waals surface area contributed by atoms with Crippen LogP contribution in [0.3, 0.4) is 0 Å². The first kappa shape index (κ1) is 18.9. The Morgan fingerprint density at radius 2 is 1.41 bits per heavy atom. The van der Waals surface area contributed by atoms with Gasteiger partial charge in [0.2, 0.25) is 0 Å². The standard InChI is InChI=1S/C23H17ClN2O3/c1-15-6-8-16(9-7-15)21(27)25(18-12-10-17(24)11-13-18)14-26-22(28)19-4-2-3-5-20(19)23(26)29/h2-13H,14H2,1H3. The Labute approximate surface area is 173 Å². The molecule has 1 aliphatic heterocycles. The molecule has 0 aromatic heterocycles. The highest BCUT2D eigenvalue weighted by atomic mass is 35.5. The van der Waals surface area contributed by atoms with Gasteiger partial charge >= 0.3 is 0 Å². The number of halogens is 1. The van der Waals surface area contributed by atoms with Crippen LogP contribution in [0.25, 0.3) is 0 Å². The number of anilines is 1. The summed E-state index contributed by atoms with van der Waals surface area (Å²) in [4.78, 5) is 41.3. The third kappa shape index (κ3) is 3.52. The fraction of sp³-hybridized carbons (Fsp3) is 0.0870. The normalized spacial score (nSPS) is 12.8. The summed E-state index contributed by atoms with van der Waals surface area (Å²) in [6, 6.07) is 20.5. The molecule has 0 radical (unpaired) electrons. The van der Waals surface area contributed by atoms with Crippen molar-refractivity contribution in [2.45, 2.75) is 6.92 Å². The number of aryl methyl sites for hydroxylation is 1. The number of rotatable bonds is 4. The van der Waals surface area contributed by atoms with Crippen molar-refractivity contribution in [3.63, 3.8) is 0 Å². The van der Waals surface area contributed by atoms with Gasteiger partial charge in [-0.3, -0.25) is 24.2 Å². The van der Waals surface area contributed by atoms with Gasteiger partial charge in [0.15, 0.2) is 0 Å². The van der Waals surface area contributed by atoms with E-state index in [1.807, 2.05) is 19.1 Å². The minimum Gasteiger partial charge on any atom is -0.290 e. The number of carbonyl (C=O) groups excluding carboxylic acids is 3. The van der Waals surface area contributed by atoms with Crippen LogP contribution in [0.1, 0.15) is 36.6 Å². The Morgan fingerprint density at radius 3 is 1.97 bits per heavy atom. The van der Waals surface area contributed by atoms with Gasteiger partial charge in [0, 0.05) is 16.3 Å². The summed E-state index contributed by atoms with van der Waals surface area (Å²) in [5, 5.41) is 0.525. The molecule has 6 heteroatoms. The maximum Gasteiger partial charge on any atom is 0.263 e. The molecule has 0 aliphatic carbocycles. The van der Waals surface area contributed by atoms with E-state index in [2.05, 4.69) is 0 Å². The molecule has 0 spiro atoms. The second-order valence-corrected chi connectivity index (χ2v) is 7.24. The van der Waals surface area contributed by atoms with E-state index in [0.717, 1.165) is 10.5 Å². The first-order valence-electron chi connectivity index (χ1n) is 9.05. The van der Waals surface area contributed by atoms with Gasteiger partial charge in [-0.25, -0.2) is 0 Å². The Kier molecular flexibility index (Phi) is 4.91. The minimum absolute atomic E-state index is 0.194.